The second-order valence-corrected chi connectivity index (χ2v) is 10.3. The van der Waals surface area contributed by atoms with Crippen molar-refractivity contribution < 1.29 is 0 Å². The molecule has 6 heteroatoms. The number of rotatable bonds is 0. The fraction of sp³-hybridized carbons (Fsp3) is 0.143. The van der Waals surface area contributed by atoms with E-state index in [4.69, 9.17) is 34.8 Å². The molecule has 0 aliphatic heterocycles. The van der Waals surface area contributed by atoms with Gasteiger partial charge in [0.25, 0.3) is 0 Å². The van der Waals surface area contributed by atoms with Crippen molar-refractivity contribution in [2.45, 2.75) is 2.14 Å². The van der Waals surface area contributed by atoms with Crippen molar-refractivity contribution in [3.63, 3.8) is 0 Å². The summed E-state index contributed by atoms with van der Waals surface area (Å²) in [7, 11) is 0. The number of benzene rings is 1. The van der Waals surface area contributed by atoms with Gasteiger partial charge in [0.15, 0.2) is 2.14 Å². The molecule has 0 aliphatic carbocycles. The molecule has 0 heterocycles. The van der Waals surface area contributed by atoms with Crippen molar-refractivity contribution in [3.8, 4) is 0 Å². The van der Waals surface area contributed by atoms with Crippen molar-refractivity contribution in [1.82, 2.24) is 0 Å². The van der Waals surface area contributed by atoms with Gasteiger partial charge in [0.2, 0.25) is 0 Å². The van der Waals surface area contributed by atoms with Gasteiger partial charge in [0, 0.05) is 20.6 Å². The summed E-state index contributed by atoms with van der Waals surface area (Å²) in [5.74, 6) is 0. The lowest BCUT2D eigenvalue weighted by Crippen LogP contribution is -1.99. The first-order chi connectivity index (χ1) is 5.82. The Bertz CT molecular complexity index is 309. The van der Waals surface area contributed by atoms with Crippen LogP contribution in [-0.4, -0.2) is 0 Å². The van der Waals surface area contributed by atoms with E-state index in [-0.39, 0.29) is 0 Å². The minimum absolute atomic E-state index is 0.489. The molecule has 1 rings (SSSR count). The van der Waals surface area contributed by atoms with Crippen LogP contribution in [0, 0.1) is 0 Å². The lowest BCUT2D eigenvalue weighted by molar-refractivity contribution is 1.37. The van der Waals surface area contributed by atoms with Crippen LogP contribution in [0.25, 0.3) is 0 Å². The second-order valence-electron chi connectivity index (χ2n) is 2.24. The molecule has 0 fully saturated rings. The molecule has 0 bridgehead atoms. The molecule has 0 aliphatic rings. The Hall–Kier alpha value is 1.53. The van der Waals surface area contributed by atoms with Crippen molar-refractivity contribution in [2.75, 3.05) is 0 Å². The first-order valence-corrected chi connectivity index (χ1v) is 6.55. The van der Waals surface area contributed by atoms with Crippen molar-refractivity contribution in [2.24, 2.45) is 0 Å². The molecule has 13 heavy (non-hydrogen) atoms. The Morgan fingerprint density at radius 3 is 1.62 bits per heavy atom. The van der Waals surface area contributed by atoms with E-state index in [0.717, 1.165) is 0 Å². The van der Waals surface area contributed by atoms with Gasteiger partial charge in [-0.15, -0.1) is 0 Å². The largest absolute Gasteiger partial charge is 0.162 e. The van der Waals surface area contributed by atoms with Gasteiger partial charge in [0.1, 0.15) is 0 Å². The summed E-state index contributed by atoms with van der Waals surface area (Å²) in [6, 6.07) is 3.26. The molecular formula is C7H2Br3Cl3. The molecule has 72 valence electrons. The van der Waals surface area contributed by atoms with Crippen LogP contribution in [0.2, 0.25) is 15.1 Å². The van der Waals surface area contributed by atoms with Gasteiger partial charge in [-0.2, -0.15) is 0 Å². The molecule has 0 nitrogen and oxygen atoms in total. The van der Waals surface area contributed by atoms with Gasteiger partial charge in [-0.1, -0.05) is 82.6 Å². The predicted molar refractivity (Wildman–Crippen MR) is 69.9 cm³/mol. The average molecular weight is 432 g/mol. The van der Waals surface area contributed by atoms with Crippen molar-refractivity contribution in [1.29, 1.82) is 0 Å². The van der Waals surface area contributed by atoms with Crippen molar-refractivity contribution in [3.05, 3.63) is 32.8 Å². The fourth-order valence-corrected chi connectivity index (χ4v) is 3.88. The molecule has 1 aromatic carbocycles. The average Bonchev–Trinajstić information content (AvgIpc) is 1.78. The summed E-state index contributed by atoms with van der Waals surface area (Å²) in [6.45, 7) is 0. The van der Waals surface area contributed by atoms with Gasteiger partial charge in [-0.05, 0) is 12.1 Å². The van der Waals surface area contributed by atoms with Crippen LogP contribution in [0.1, 0.15) is 5.56 Å². The quantitative estimate of drug-likeness (QED) is 0.445. The molecule has 0 spiro atoms. The van der Waals surface area contributed by atoms with E-state index in [9.17, 15) is 0 Å². The van der Waals surface area contributed by atoms with E-state index >= 15 is 0 Å². The van der Waals surface area contributed by atoms with Crippen LogP contribution in [0.15, 0.2) is 12.1 Å². The molecule has 0 aromatic heterocycles. The van der Waals surface area contributed by atoms with Crippen LogP contribution in [0.5, 0.6) is 0 Å². The number of halogens is 6. The van der Waals surface area contributed by atoms with Crippen LogP contribution in [0.3, 0.4) is 0 Å². The monoisotopic (exact) mass is 428 g/mol. The van der Waals surface area contributed by atoms with E-state index in [0.29, 0.717) is 20.6 Å². The molecule has 0 radical (unpaired) electrons. The predicted octanol–water partition coefficient (Wildman–Crippen LogP) is 5.94. The highest BCUT2D eigenvalue weighted by atomic mass is 80.0. The molecule has 0 saturated heterocycles. The first kappa shape index (κ1) is 12.6. The Balaban J connectivity index is 3.38. The topological polar surface area (TPSA) is 0 Å². The van der Waals surface area contributed by atoms with E-state index in [1.165, 1.54) is 0 Å². The third-order valence-corrected chi connectivity index (χ3v) is 3.29. The lowest BCUT2D eigenvalue weighted by Gasteiger charge is -2.16. The van der Waals surface area contributed by atoms with Crippen molar-refractivity contribution >= 4 is 82.6 Å². The smallest absolute Gasteiger partial charge is 0.0842 e. The zero-order chi connectivity index (χ0) is 10.2. The third-order valence-electron chi connectivity index (χ3n) is 1.29. The Labute approximate surface area is 116 Å². The Morgan fingerprint density at radius 2 is 1.31 bits per heavy atom. The summed E-state index contributed by atoms with van der Waals surface area (Å²) in [4.78, 5) is 0. The summed E-state index contributed by atoms with van der Waals surface area (Å²) in [5, 5.41) is 1.49. The lowest BCUT2D eigenvalue weighted by atomic mass is 10.2. The molecule has 0 amide bonds. The molecule has 0 unspecified atom stereocenters. The number of alkyl halides is 3. The number of hydrogen-bond donors (Lipinski definition) is 0. The third kappa shape index (κ3) is 3.25. The zero-order valence-corrected chi connectivity index (χ0v) is 12.9. The van der Waals surface area contributed by atoms with Gasteiger partial charge in [-0.3, -0.25) is 0 Å². The van der Waals surface area contributed by atoms with Crippen LogP contribution in [0.4, 0.5) is 0 Å². The van der Waals surface area contributed by atoms with E-state index in [1.807, 2.05) is 0 Å². The molecule has 0 atom stereocenters. The fourth-order valence-electron chi connectivity index (χ4n) is 0.813. The molecule has 1 aromatic rings. The number of hydrogen-bond acceptors (Lipinski definition) is 0. The maximum atomic E-state index is 5.96. The highest BCUT2D eigenvalue weighted by Gasteiger charge is 2.27. The Morgan fingerprint density at radius 1 is 0.923 bits per heavy atom. The summed E-state index contributed by atoms with van der Waals surface area (Å²) < 4.78 is -0.619. The SMILES string of the molecule is Clc1cc(Cl)c(C(Br)(Br)Br)c(Cl)c1. The van der Waals surface area contributed by atoms with Crippen LogP contribution >= 0.6 is 82.6 Å². The van der Waals surface area contributed by atoms with Gasteiger partial charge < -0.3 is 0 Å². The molecule has 0 N–H and O–H groups in total. The van der Waals surface area contributed by atoms with E-state index in [2.05, 4.69) is 47.8 Å². The van der Waals surface area contributed by atoms with E-state index < -0.39 is 2.14 Å². The zero-order valence-electron chi connectivity index (χ0n) is 5.92. The first-order valence-electron chi connectivity index (χ1n) is 3.04. The van der Waals surface area contributed by atoms with Crippen LogP contribution in [-0.2, 0) is 2.14 Å². The summed E-state index contributed by atoms with van der Waals surface area (Å²) in [5.41, 5.74) is 0.695. The minimum atomic E-state index is -0.619. The van der Waals surface area contributed by atoms with Gasteiger partial charge in [0.05, 0.1) is 0 Å². The van der Waals surface area contributed by atoms with Crippen LogP contribution < -0.4 is 0 Å². The maximum Gasteiger partial charge on any atom is 0.162 e. The summed E-state index contributed by atoms with van der Waals surface area (Å²) >= 11 is 27.7. The van der Waals surface area contributed by atoms with Gasteiger partial charge >= 0.3 is 0 Å². The molecule has 0 saturated carbocycles. The maximum absolute atomic E-state index is 5.96. The molecular weight excluding hydrogens is 430 g/mol. The Kier molecular flexibility index (Phi) is 4.44. The minimum Gasteiger partial charge on any atom is -0.0842 e. The normalized spacial score (nSPS) is 11.8. The highest BCUT2D eigenvalue weighted by Crippen LogP contribution is 2.50. The van der Waals surface area contributed by atoms with E-state index in [1.54, 1.807) is 12.1 Å². The standard InChI is InChI=1S/C7H2Br3Cl3/c8-7(9,10)6-4(12)1-3(11)2-5(6)13/h1-2H. The second kappa shape index (κ2) is 4.58. The highest BCUT2D eigenvalue weighted by molar-refractivity contribution is 9.38. The summed E-state index contributed by atoms with van der Waals surface area (Å²) in [6.07, 6.45) is 0. The van der Waals surface area contributed by atoms with Gasteiger partial charge in [-0.25, -0.2) is 0 Å².